The molecule has 0 aliphatic carbocycles. The van der Waals surface area contributed by atoms with E-state index >= 15 is 0 Å². The van der Waals surface area contributed by atoms with Gasteiger partial charge in [-0.2, -0.15) is 4.31 Å². The van der Waals surface area contributed by atoms with Crippen LogP contribution in [0, 0.1) is 0 Å². The summed E-state index contributed by atoms with van der Waals surface area (Å²) in [6, 6.07) is 11.5. The second-order valence-electron chi connectivity index (χ2n) is 6.63. The summed E-state index contributed by atoms with van der Waals surface area (Å²) in [5, 5.41) is 0. The van der Waals surface area contributed by atoms with Crippen LogP contribution in [-0.2, 0) is 10.0 Å². The van der Waals surface area contributed by atoms with E-state index in [9.17, 15) is 13.2 Å². The fourth-order valence-electron chi connectivity index (χ4n) is 3.31. The Balaban J connectivity index is 1.45. The highest BCUT2D eigenvalue weighted by molar-refractivity contribution is 7.89. The van der Waals surface area contributed by atoms with Crippen molar-refractivity contribution in [2.45, 2.75) is 4.90 Å². The summed E-state index contributed by atoms with van der Waals surface area (Å²) in [5.74, 6) is 0.457. The lowest BCUT2D eigenvalue weighted by Crippen LogP contribution is -2.50. The number of rotatable bonds is 4. The van der Waals surface area contributed by atoms with Crippen LogP contribution in [0.25, 0.3) is 11.0 Å². The summed E-state index contributed by atoms with van der Waals surface area (Å²) in [5.41, 5.74) is 1.89. The van der Waals surface area contributed by atoms with E-state index in [0.717, 1.165) is 5.52 Å². The van der Waals surface area contributed by atoms with Gasteiger partial charge in [-0.15, -0.1) is 0 Å². The molecule has 1 amide bonds. The first-order valence-electron chi connectivity index (χ1n) is 9.13. The SMILES string of the molecule is COc1ccc(S(=O)(=O)N2CCN(C(=O)c3ccc4nccnc4c3)CC2)cc1. The van der Waals surface area contributed by atoms with Crippen LogP contribution < -0.4 is 4.74 Å². The molecule has 0 spiro atoms. The zero-order chi connectivity index (χ0) is 20.4. The third-order valence-electron chi connectivity index (χ3n) is 4.94. The van der Waals surface area contributed by atoms with Gasteiger partial charge in [0.25, 0.3) is 5.91 Å². The van der Waals surface area contributed by atoms with Crippen molar-refractivity contribution < 1.29 is 17.9 Å². The number of hydrogen-bond donors (Lipinski definition) is 0. The second-order valence-corrected chi connectivity index (χ2v) is 8.57. The predicted octanol–water partition coefficient (Wildman–Crippen LogP) is 1.79. The van der Waals surface area contributed by atoms with E-state index in [1.165, 1.54) is 23.5 Å². The minimum atomic E-state index is -3.61. The zero-order valence-corrected chi connectivity index (χ0v) is 16.7. The summed E-state index contributed by atoms with van der Waals surface area (Å²) in [6.07, 6.45) is 3.19. The Morgan fingerprint density at radius 3 is 2.24 bits per heavy atom. The Kier molecular flexibility index (Phi) is 5.16. The van der Waals surface area contributed by atoms with Gasteiger partial charge in [-0.3, -0.25) is 14.8 Å². The number of benzene rings is 2. The molecule has 29 heavy (non-hydrogen) atoms. The van der Waals surface area contributed by atoms with Crippen LogP contribution in [-0.4, -0.2) is 66.8 Å². The molecule has 0 saturated carbocycles. The van der Waals surface area contributed by atoms with E-state index in [4.69, 9.17) is 4.74 Å². The van der Waals surface area contributed by atoms with E-state index in [-0.39, 0.29) is 23.9 Å². The second kappa shape index (κ2) is 7.76. The Morgan fingerprint density at radius 1 is 0.931 bits per heavy atom. The molecule has 1 aliphatic heterocycles. The van der Waals surface area contributed by atoms with Crippen molar-refractivity contribution in [1.29, 1.82) is 0 Å². The van der Waals surface area contributed by atoms with Crippen molar-refractivity contribution in [3.8, 4) is 5.75 Å². The number of methoxy groups -OCH3 is 1. The number of piperazine rings is 1. The normalized spacial score (nSPS) is 15.4. The van der Waals surface area contributed by atoms with E-state index in [0.29, 0.717) is 29.9 Å². The number of aromatic nitrogens is 2. The smallest absolute Gasteiger partial charge is 0.254 e. The van der Waals surface area contributed by atoms with Crippen LogP contribution in [0.5, 0.6) is 5.75 Å². The maximum Gasteiger partial charge on any atom is 0.254 e. The van der Waals surface area contributed by atoms with Crippen LogP contribution in [0.4, 0.5) is 0 Å². The molecule has 4 rings (SSSR count). The zero-order valence-electron chi connectivity index (χ0n) is 15.9. The number of carbonyl (C=O) groups excluding carboxylic acids is 1. The van der Waals surface area contributed by atoms with Crippen LogP contribution in [0.3, 0.4) is 0 Å². The lowest BCUT2D eigenvalue weighted by Gasteiger charge is -2.34. The summed E-state index contributed by atoms with van der Waals surface area (Å²) < 4.78 is 32.2. The molecular weight excluding hydrogens is 392 g/mol. The number of amides is 1. The van der Waals surface area contributed by atoms with Crippen molar-refractivity contribution in [1.82, 2.24) is 19.2 Å². The van der Waals surface area contributed by atoms with E-state index < -0.39 is 10.0 Å². The topological polar surface area (TPSA) is 92.7 Å². The lowest BCUT2D eigenvalue weighted by atomic mass is 10.1. The lowest BCUT2D eigenvalue weighted by molar-refractivity contribution is 0.0698. The summed E-state index contributed by atoms with van der Waals surface area (Å²) in [7, 11) is -2.08. The van der Waals surface area contributed by atoms with Crippen LogP contribution in [0.1, 0.15) is 10.4 Å². The summed E-state index contributed by atoms with van der Waals surface area (Å²) in [6.45, 7) is 1.14. The number of hydrogen-bond acceptors (Lipinski definition) is 6. The molecule has 3 aromatic rings. The van der Waals surface area contributed by atoms with Gasteiger partial charge in [-0.1, -0.05) is 0 Å². The molecule has 8 nitrogen and oxygen atoms in total. The molecule has 0 unspecified atom stereocenters. The molecule has 0 bridgehead atoms. The van der Waals surface area contributed by atoms with Gasteiger partial charge >= 0.3 is 0 Å². The maximum atomic E-state index is 12.8. The molecule has 0 N–H and O–H groups in total. The van der Waals surface area contributed by atoms with E-state index in [2.05, 4.69) is 9.97 Å². The van der Waals surface area contributed by atoms with Gasteiger partial charge < -0.3 is 9.64 Å². The average molecular weight is 412 g/mol. The van der Waals surface area contributed by atoms with Crippen LogP contribution in [0.2, 0.25) is 0 Å². The number of carbonyl (C=O) groups is 1. The highest BCUT2D eigenvalue weighted by Gasteiger charge is 2.30. The molecular formula is C20H20N4O4S. The van der Waals surface area contributed by atoms with Gasteiger partial charge in [-0.25, -0.2) is 8.42 Å². The van der Waals surface area contributed by atoms with Crippen molar-refractivity contribution in [3.05, 3.63) is 60.4 Å². The van der Waals surface area contributed by atoms with Gasteiger partial charge in [0.05, 0.1) is 23.0 Å². The largest absolute Gasteiger partial charge is 0.497 e. The van der Waals surface area contributed by atoms with Crippen molar-refractivity contribution >= 4 is 27.0 Å². The van der Waals surface area contributed by atoms with Gasteiger partial charge in [0.1, 0.15) is 5.75 Å². The molecule has 0 atom stereocenters. The van der Waals surface area contributed by atoms with Gasteiger partial charge in [-0.05, 0) is 42.5 Å². The van der Waals surface area contributed by atoms with Crippen molar-refractivity contribution in [2.24, 2.45) is 0 Å². The first-order chi connectivity index (χ1) is 14.0. The third kappa shape index (κ3) is 3.79. The van der Waals surface area contributed by atoms with Crippen molar-refractivity contribution in [2.75, 3.05) is 33.3 Å². The molecule has 1 saturated heterocycles. The molecule has 1 aliphatic rings. The molecule has 9 heteroatoms. The Hall–Kier alpha value is -3.04. The summed E-state index contributed by atoms with van der Waals surface area (Å²) in [4.78, 5) is 23.1. The van der Waals surface area contributed by atoms with E-state index in [1.54, 1.807) is 47.6 Å². The predicted molar refractivity (Wildman–Crippen MR) is 107 cm³/mol. The minimum Gasteiger partial charge on any atom is -0.497 e. The molecule has 150 valence electrons. The van der Waals surface area contributed by atoms with Gasteiger partial charge in [0.2, 0.25) is 10.0 Å². The maximum absolute atomic E-state index is 12.8. The molecule has 2 heterocycles. The highest BCUT2D eigenvalue weighted by atomic mass is 32.2. The fraction of sp³-hybridized carbons (Fsp3) is 0.250. The third-order valence-corrected chi connectivity index (χ3v) is 6.85. The standard InChI is InChI=1S/C20H20N4O4S/c1-28-16-3-5-17(6-4-16)29(26,27)24-12-10-23(11-13-24)20(25)15-2-7-18-19(14-15)22-9-8-21-18/h2-9,14H,10-13H2,1H3. The minimum absolute atomic E-state index is 0.140. The summed E-state index contributed by atoms with van der Waals surface area (Å²) >= 11 is 0. The van der Waals surface area contributed by atoms with Gasteiger partial charge in [0.15, 0.2) is 0 Å². The highest BCUT2D eigenvalue weighted by Crippen LogP contribution is 2.21. The molecule has 2 aromatic carbocycles. The van der Waals surface area contributed by atoms with E-state index in [1.807, 2.05) is 0 Å². The molecule has 1 aromatic heterocycles. The van der Waals surface area contributed by atoms with Crippen LogP contribution in [0.15, 0.2) is 59.8 Å². The Morgan fingerprint density at radius 2 is 1.59 bits per heavy atom. The molecule has 0 radical (unpaired) electrons. The van der Waals surface area contributed by atoms with Crippen LogP contribution >= 0.6 is 0 Å². The number of nitrogens with zero attached hydrogens (tertiary/aromatic N) is 4. The van der Waals surface area contributed by atoms with Gasteiger partial charge in [0, 0.05) is 44.1 Å². The number of fused-ring (bicyclic) bond motifs is 1. The number of ether oxygens (including phenoxy) is 1. The first kappa shape index (κ1) is 19.3. The monoisotopic (exact) mass is 412 g/mol. The fourth-order valence-corrected chi connectivity index (χ4v) is 4.73. The van der Waals surface area contributed by atoms with Crippen molar-refractivity contribution in [3.63, 3.8) is 0 Å². The number of sulfonamides is 1. The quantitative estimate of drug-likeness (QED) is 0.649. The molecule has 1 fully saturated rings. The average Bonchev–Trinajstić information content (AvgIpc) is 2.78. The Labute approximate surface area is 168 Å². The first-order valence-corrected chi connectivity index (χ1v) is 10.6. The Bertz CT molecular complexity index is 1140.